The van der Waals surface area contributed by atoms with Crippen LogP contribution < -0.4 is 5.06 Å². The third-order valence-corrected chi connectivity index (χ3v) is 3.47. The Bertz CT molecular complexity index is 298. The molecule has 0 N–H and O–H groups in total. The summed E-state index contributed by atoms with van der Waals surface area (Å²) in [5.74, 6) is 0.534. The van der Waals surface area contributed by atoms with E-state index < -0.39 is 0 Å². The third kappa shape index (κ3) is 2.61. The van der Waals surface area contributed by atoms with Crippen molar-refractivity contribution in [2.24, 2.45) is 5.92 Å². The van der Waals surface area contributed by atoms with Crippen LogP contribution in [-0.4, -0.2) is 16.0 Å². The summed E-state index contributed by atoms with van der Waals surface area (Å²) in [5.41, 5.74) is 1.15. The normalized spacial score (nSPS) is 12.1. The lowest BCUT2D eigenvalue weighted by Crippen LogP contribution is -2.47. The van der Waals surface area contributed by atoms with E-state index in [0.717, 1.165) is 5.69 Å². The first kappa shape index (κ1) is 12.3. The minimum Gasteiger partial charge on any atom is -0.331 e. The van der Waals surface area contributed by atoms with Gasteiger partial charge in [0, 0.05) is 0 Å². The Labute approximate surface area is 95.7 Å². The number of para-hydroxylation sites is 1. The van der Waals surface area contributed by atoms with Crippen molar-refractivity contribution < 1.29 is 4.53 Å². The Morgan fingerprint density at radius 1 is 1.20 bits per heavy atom. The molecule has 0 spiro atoms. The van der Waals surface area contributed by atoms with Gasteiger partial charge < -0.3 is 4.53 Å². The zero-order valence-corrected chi connectivity index (χ0v) is 12.3. The second-order valence-electron chi connectivity index (χ2n) is 4.62. The standard InChI is InChI=1S/C12H21NOSi/c1-10(2)12(3,4)13(14-15)11-8-6-5-7-9-11/h5-10H,1-4,15H3. The molecule has 84 valence electrons. The lowest BCUT2D eigenvalue weighted by molar-refractivity contribution is 0.169. The van der Waals surface area contributed by atoms with Crippen LogP contribution >= 0.6 is 0 Å². The lowest BCUT2D eigenvalue weighted by atomic mass is 9.90. The third-order valence-electron chi connectivity index (χ3n) is 3.11. The maximum Gasteiger partial charge on any atom is 0.183 e. The monoisotopic (exact) mass is 223 g/mol. The van der Waals surface area contributed by atoms with Gasteiger partial charge >= 0.3 is 0 Å². The zero-order chi connectivity index (χ0) is 11.5. The molecule has 0 amide bonds. The SMILES string of the molecule is CC(C)C(C)(C)N(O[SiH3])c1ccccc1. The average molecular weight is 223 g/mol. The first-order chi connectivity index (χ1) is 7.00. The van der Waals surface area contributed by atoms with Crippen LogP contribution in [0.25, 0.3) is 0 Å². The van der Waals surface area contributed by atoms with E-state index in [4.69, 9.17) is 4.53 Å². The van der Waals surface area contributed by atoms with E-state index in [1.807, 2.05) is 23.3 Å². The maximum atomic E-state index is 5.63. The Morgan fingerprint density at radius 2 is 1.73 bits per heavy atom. The molecule has 1 aromatic rings. The number of nitrogens with zero attached hydrogens (tertiary/aromatic N) is 1. The summed E-state index contributed by atoms with van der Waals surface area (Å²) in [5, 5.41) is 2.03. The van der Waals surface area contributed by atoms with Crippen molar-refractivity contribution in [3.05, 3.63) is 30.3 Å². The molecule has 0 aromatic heterocycles. The Morgan fingerprint density at radius 3 is 2.13 bits per heavy atom. The van der Waals surface area contributed by atoms with Crippen LogP contribution in [-0.2, 0) is 4.53 Å². The molecule has 0 saturated heterocycles. The van der Waals surface area contributed by atoms with Crippen LogP contribution in [0.3, 0.4) is 0 Å². The van der Waals surface area contributed by atoms with Gasteiger partial charge in [0.05, 0.1) is 11.2 Å². The van der Waals surface area contributed by atoms with Gasteiger partial charge in [0.15, 0.2) is 10.5 Å². The molecule has 0 bridgehead atoms. The second kappa shape index (κ2) is 4.81. The fourth-order valence-electron chi connectivity index (χ4n) is 1.47. The van der Waals surface area contributed by atoms with Crippen LogP contribution in [0.2, 0.25) is 0 Å². The summed E-state index contributed by atoms with van der Waals surface area (Å²) in [6.45, 7) is 8.86. The molecule has 1 rings (SSSR count). The molecule has 0 radical (unpaired) electrons. The van der Waals surface area contributed by atoms with E-state index >= 15 is 0 Å². The average Bonchev–Trinajstić information content (AvgIpc) is 2.19. The summed E-state index contributed by atoms with van der Waals surface area (Å²) in [6, 6.07) is 10.3. The molecule has 2 nitrogen and oxygen atoms in total. The van der Waals surface area contributed by atoms with Crippen molar-refractivity contribution in [1.29, 1.82) is 0 Å². The largest absolute Gasteiger partial charge is 0.331 e. The van der Waals surface area contributed by atoms with Gasteiger partial charge in [-0.3, -0.25) is 5.06 Å². The van der Waals surface area contributed by atoms with Crippen molar-refractivity contribution in [2.45, 2.75) is 33.2 Å². The highest BCUT2D eigenvalue weighted by Gasteiger charge is 2.30. The lowest BCUT2D eigenvalue weighted by Gasteiger charge is -2.41. The van der Waals surface area contributed by atoms with Crippen LogP contribution in [0, 0.1) is 5.92 Å². The van der Waals surface area contributed by atoms with Crippen molar-refractivity contribution in [3.8, 4) is 0 Å². The van der Waals surface area contributed by atoms with Gasteiger partial charge in [-0.05, 0) is 31.9 Å². The van der Waals surface area contributed by atoms with Gasteiger partial charge in [-0.15, -0.1) is 0 Å². The smallest absolute Gasteiger partial charge is 0.183 e. The summed E-state index contributed by atoms with van der Waals surface area (Å²) in [7, 11) is 0.710. The first-order valence-electron chi connectivity index (χ1n) is 5.39. The summed E-state index contributed by atoms with van der Waals surface area (Å²) >= 11 is 0. The fourth-order valence-corrected chi connectivity index (χ4v) is 2.15. The van der Waals surface area contributed by atoms with E-state index in [9.17, 15) is 0 Å². The number of rotatable bonds is 4. The Hall–Kier alpha value is -0.803. The maximum absolute atomic E-state index is 5.63. The molecular formula is C12H21NOSi. The van der Waals surface area contributed by atoms with E-state index in [1.54, 1.807) is 0 Å². The molecule has 15 heavy (non-hydrogen) atoms. The molecule has 0 unspecified atom stereocenters. The van der Waals surface area contributed by atoms with Gasteiger partial charge in [-0.1, -0.05) is 32.0 Å². The topological polar surface area (TPSA) is 12.5 Å². The first-order valence-corrected chi connectivity index (χ1v) is 6.21. The minimum absolute atomic E-state index is 0.0170. The van der Waals surface area contributed by atoms with Crippen LogP contribution in [0.15, 0.2) is 30.3 Å². The number of anilines is 1. The highest BCUT2D eigenvalue weighted by molar-refractivity contribution is 5.98. The molecule has 0 aliphatic rings. The fraction of sp³-hybridized carbons (Fsp3) is 0.500. The Balaban J connectivity index is 2.99. The molecule has 0 saturated carbocycles. The summed E-state index contributed by atoms with van der Waals surface area (Å²) in [4.78, 5) is 0. The molecule has 0 atom stereocenters. The quantitative estimate of drug-likeness (QED) is 0.573. The molecule has 0 fully saturated rings. The zero-order valence-electron chi connectivity index (χ0n) is 10.3. The van der Waals surface area contributed by atoms with E-state index in [2.05, 4.69) is 39.8 Å². The molecular weight excluding hydrogens is 202 g/mol. The van der Waals surface area contributed by atoms with E-state index in [0.29, 0.717) is 16.4 Å². The molecule has 1 aromatic carbocycles. The number of benzene rings is 1. The summed E-state index contributed by atoms with van der Waals surface area (Å²) in [6.07, 6.45) is 0. The van der Waals surface area contributed by atoms with Gasteiger partial charge in [-0.2, -0.15) is 0 Å². The second-order valence-corrected chi connectivity index (χ2v) is 4.99. The van der Waals surface area contributed by atoms with Gasteiger partial charge in [0.2, 0.25) is 0 Å². The van der Waals surface area contributed by atoms with E-state index in [1.165, 1.54) is 0 Å². The van der Waals surface area contributed by atoms with Crippen LogP contribution in [0.1, 0.15) is 27.7 Å². The number of hydrogen-bond donors (Lipinski definition) is 0. The molecule has 3 heteroatoms. The van der Waals surface area contributed by atoms with Crippen molar-refractivity contribution >= 4 is 16.2 Å². The molecule has 0 aliphatic carbocycles. The summed E-state index contributed by atoms with van der Waals surface area (Å²) < 4.78 is 5.63. The number of hydrogen-bond acceptors (Lipinski definition) is 2. The Kier molecular flexibility index (Phi) is 3.94. The highest BCUT2D eigenvalue weighted by Crippen LogP contribution is 2.29. The van der Waals surface area contributed by atoms with Gasteiger partial charge in [0.1, 0.15) is 0 Å². The predicted molar refractivity (Wildman–Crippen MR) is 68.9 cm³/mol. The predicted octanol–water partition coefficient (Wildman–Crippen LogP) is 2.14. The number of hydroxylamine groups is 1. The van der Waals surface area contributed by atoms with Crippen molar-refractivity contribution in [2.75, 3.05) is 5.06 Å². The highest BCUT2D eigenvalue weighted by atomic mass is 28.2. The minimum atomic E-state index is 0.0170. The van der Waals surface area contributed by atoms with Crippen molar-refractivity contribution in [3.63, 3.8) is 0 Å². The van der Waals surface area contributed by atoms with E-state index in [-0.39, 0.29) is 5.54 Å². The molecule has 0 aliphatic heterocycles. The van der Waals surface area contributed by atoms with Gasteiger partial charge in [-0.25, -0.2) is 0 Å². The van der Waals surface area contributed by atoms with Gasteiger partial charge in [0.25, 0.3) is 0 Å². The van der Waals surface area contributed by atoms with Crippen LogP contribution in [0.5, 0.6) is 0 Å². The molecule has 0 heterocycles. The van der Waals surface area contributed by atoms with Crippen LogP contribution in [0.4, 0.5) is 5.69 Å². The van der Waals surface area contributed by atoms with Crippen molar-refractivity contribution in [1.82, 2.24) is 0 Å².